The Balaban J connectivity index is 1.90. The Morgan fingerprint density at radius 3 is 2.59 bits per heavy atom. The number of halogens is 3. The highest BCUT2D eigenvalue weighted by atomic mass is 19.4. The van der Waals surface area contributed by atoms with Crippen molar-refractivity contribution in [2.75, 3.05) is 5.32 Å². The Morgan fingerprint density at radius 2 is 1.86 bits per heavy atom. The van der Waals surface area contributed by atoms with Crippen LogP contribution in [0.5, 0.6) is 0 Å². The van der Waals surface area contributed by atoms with E-state index in [1.54, 1.807) is 17.0 Å². The number of rotatable bonds is 2. The number of hydrogen-bond donors (Lipinski definition) is 1. The van der Waals surface area contributed by atoms with Crippen molar-refractivity contribution in [2.45, 2.75) is 19.3 Å². The van der Waals surface area contributed by atoms with Crippen LogP contribution < -0.4 is 5.32 Å². The van der Waals surface area contributed by atoms with Crippen molar-refractivity contribution in [3.8, 4) is 6.19 Å². The molecule has 0 spiro atoms. The molecule has 1 heterocycles. The van der Waals surface area contributed by atoms with Crippen LogP contribution in [0.1, 0.15) is 16.7 Å². The van der Waals surface area contributed by atoms with E-state index in [0.29, 0.717) is 18.8 Å². The van der Waals surface area contributed by atoms with E-state index in [-0.39, 0.29) is 0 Å². The monoisotopic (exact) mass is 303 g/mol. The van der Waals surface area contributed by atoms with Crippen LogP contribution in [-0.2, 0) is 19.3 Å². The second-order valence-electron chi connectivity index (χ2n) is 5.10. The maximum Gasteiger partial charge on any atom is 0.416 e. The second kappa shape index (κ2) is 5.26. The molecule has 1 N–H and O–H groups in total. The minimum atomic E-state index is -4.37. The first-order valence-corrected chi connectivity index (χ1v) is 6.67. The number of fused-ring (bicyclic) bond motifs is 1. The minimum Gasteiger partial charge on any atom is -0.355 e. The number of alkyl halides is 3. The molecule has 0 atom stereocenters. The first-order valence-electron chi connectivity index (χ1n) is 6.67. The normalized spacial score (nSPS) is 13.6. The number of hydrogen-bond acceptors (Lipinski definition) is 3. The summed E-state index contributed by atoms with van der Waals surface area (Å²) < 4.78 is 38.3. The average Bonchev–Trinajstić information content (AvgIpc) is 2.91. The number of nitrogens with one attached hydrogen (secondary N) is 1. The highest BCUT2D eigenvalue weighted by molar-refractivity contribution is 5.66. The molecule has 2 aromatic rings. The van der Waals surface area contributed by atoms with Gasteiger partial charge in [-0.15, -0.1) is 0 Å². The summed E-state index contributed by atoms with van der Waals surface area (Å²) in [6, 6.07) is 10.6. The number of nitriles is 1. The van der Waals surface area contributed by atoms with Gasteiger partial charge in [0.15, 0.2) is 6.19 Å². The van der Waals surface area contributed by atoms with Crippen LogP contribution >= 0.6 is 0 Å². The fourth-order valence-electron chi connectivity index (χ4n) is 2.54. The van der Waals surface area contributed by atoms with Crippen LogP contribution in [0.2, 0.25) is 0 Å². The molecule has 1 aliphatic rings. The number of benzene rings is 2. The van der Waals surface area contributed by atoms with Gasteiger partial charge >= 0.3 is 6.18 Å². The Kier molecular flexibility index (Phi) is 3.41. The van der Waals surface area contributed by atoms with Gasteiger partial charge < -0.3 is 10.2 Å². The molecule has 6 heteroatoms. The summed E-state index contributed by atoms with van der Waals surface area (Å²) in [6.45, 7) is 0.998. The van der Waals surface area contributed by atoms with Gasteiger partial charge in [0.05, 0.1) is 18.7 Å². The Morgan fingerprint density at radius 1 is 1.09 bits per heavy atom. The first kappa shape index (κ1) is 14.3. The van der Waals surface area contributed by atoms with Gasteiger partial charge in [0.2, 0.25) is 0 Å². The summed E-state index contributed by atoms with van der Waals surface area (Å²) in [5.74, 6) is 0. The summed E-state index contributed by atoms with van der Waals surface area (Å²) in [4.78, 5) is 1.60. The van der Waals surface area contributed by atoms with Gasteiger partial charge in [0.1, 0.15) is 0 Å². The summed E-state index contributed by atoms with van der Waals surface area (Å²) in [6.07, 6.45) is -2.28. The van der Waals surface area contributed by atoms with E-state index in [9.17, 15) is 13.2 Å². The van der Waals surface area contributed by atoms with Gasteiger partial charge in [-0.3, -0.25) is 0 Å². The van der Waals surface area contributed by atoms with Crippen molar-refractivity contribution in [3.05, 3.63) is 59.2 Å². The summed E-state index contributed by atoms with van der Waals surface area (Å²) in [7, 11) is 0. The van der Waals surface area contributed by atoms with E-state index in [0.717, 1.165) is 28.9 Å². The fraction of sp³-hybridized carbons (Fsp3) is 0.188. The van der Waals surface area contributed by atoms with Crippen molar-refractivity contribution in [1.82, 2.24) is 4.90 Å². The molecule has 0 radical (unpaired) electrons. The van der Waals surface area contributed by atoms with Crippen LogP contribution in [0.25, 0.3) is 0 Å². The third-order valence-electron chi connectivity index (χ3n) is 3.59. The highest BCUT2D eigenvalue weighted by Crippen LogP contribution is 2.34. The van der Waals surface area contributed by atoms with E-state index in [1.165, 1.54) is 6.07 Å². The lowest BCUT2D eigenvalue weighted by Crippen LogP contribution is -2.07. The third kappa shape index (κ3) is 2.70. The van der Waals surface area contributed by atoms with E-state index in [1.807, 2.05) is 12.1 Å². The lowest BCUT2D eigenvalue weighted by Gasteiger charge is -2.13. The lowest BCUT2D eigenvalue weighted by atomic mass is 10.1. The van der Waals surface area contributed by atoms with Gasteiger partial charge in [0.25, 0.3) is 0 Å². The lowest BCUT2D eigenvalue weighted by molar-refractivity contribution is -0.137. The molecule has 0 bridgehead atoms. The van der Waals surface area contributed by atoms with E-state index >= 15 is 0 Å². The standard InChI is InChI=1S/C16H12F3N3/c17-16(18,19)12-4-2-5-13(7-12)21-15-6-1-3-11-8-22(10-20)9-14(11)15/h1-7,21H,8-9H2. The maximum atomic E-state index is 12.8. The van der Waals surface area contributed by atoms with Crippen molar-refractivity contribution in [3.63, 3.8) is 0 Å². The fourth-order valence-corrected chi connectivity index (χ4v) is 2.54. The van der Waals surface area contributed by atoms with Crippen molar-refractivity contribution in [1.29, 1.82) is 5.26 Å². The molecule has 0 saturated carbocycles. The van der Waals surface area contributed by atoms with Gasteiger partial charge in [-0.2, -0.15) is 18.4 Å². The average molecular weight is 303 g/mol. The molecule has 0 aromatic heterocycles. The maximum absolute atomic E-state index is 12.8. The van der Waals surface area contributed by atoms with E-state index < -0.39 is 11.7 Å². The minimum absolute atomic E-state index is 0.374. The van der Waals surface area contributed by atoms with Crippen molar-refractivity contribution < 1.29 is 13.2 Å². The molecule has 0 unspecified atom stereocenters. The zero-order chi connectivity index (χ0) is 15.7. The number of nitrogens with zero attached hydrogens (tertiary/aromatic N) is 2. The van der Waals surface area contributed by atoms with Gasteiger partial charge in [-0.05, 0) is 29.8 Å². The molecule has 1 aliphatic heterocycles. The van der Waals surface area contributed by atoms with Gasteiger partial charge in [-0.1, -0.05) is 18.2 Å². The molecular weight excluding hydrogens is 291 g/mol. The van der Waals surface area contributed by atoms with Gasteiger partial charge in [0, 0.05) is 16.9 Å². The second-order valence-corrected chi connectivity index (χ2v) is 5.10. The zero-order valence-corrected chi connectivity index (χ0v) is 11.5. The molecule has 0 fully saturated rings. The number of anilines is 2. The molecule has 3 rings (SSSR count). The SMILES string of the molecule is N#CN1Cc2cccc(Nc3cccc(C(F)(F)F)c3)c2C1. The Hall–Kier alpha value is -2.68. The Labute approximate surface area is 125 Å². The van der Waals surface area contributed by atoms with Gasteiger partial charge in [-0.25, -0.2) is 0 Å². The predicted octanol–water partition coefficient (Wildman–Crippen LogP) is 4.25. The molecule has 112 valence electrons. The summed E-state index contributed by atoms with van der Waals surface area (Å²) >= 11 is 0. The molecule has 3 nitrogen and oxygen atoms in total. The van der Waals surface area contributed by atoms with Crippen LogP contribution in [0.15, 0.2) is 42.5 Å². The van der Waals surface area contributed by atoms with Crippen LogP contribution in [-0.4, -0.2) is 4.90 Å². The molecule has 0 amide bonds. The molecule has 0 saturated heterocycles. The molecule has 22 heavy (non-hydrogen) atoms. The van der Waals surface area contributed by atoms with Crippen LogP contribution in [0, 0.1) is 11.5 Å². The quantitative estimate of drug-likeness (QED) is 0.843. The Bertz CT molecular complexity index is 747. The first-order chi connectivity index (χ1) is 10.5. The summed E-state index contributed by atoms with van der Waals surface area (Å²) in [5, 5.41) is 12.0. The molecule has 2 aromatic carbocycles. The third-order valence-corrected chi connectivity index (χ3v) is 3.59. The largest absolute Gasteiger partial charge is 0.416 e. The van der Waals surface area contributed by atoms with Crippen LogP contribution in [0.3, 0.4) is 0 Å². The zero-order valence-electron chi connectivity index (χ0n) is 11.5. The van der Waals surface area contributed by atoms with Crippen LogP contribution in [0.4, 0.5) is 24.5 Å². The van der Waals surface area contributed by atoms with E-state index in [2.05, 4.69) is 11.5 Å². The highest BCUT2D eigenvalue weighted by Gasteiger charge is 2.30. The predicted molar refractivity (Wildman–Crippen MR) is 76.0 cm³/mol. The van der Waals surface area contributed by atoms with Crippen molar-refractivity contribution in [2.24, 2.45) is 0 Å². The molecular formula is C16H12F3N3. The smallest absolute Gasteiger partial charge is 0.355 e. The topological polar surface area (TPSA) is 39.1 Å². The molecule has 0 aliphatic carbocycles. The van der Waals surface area contributed by atoms with Crippen molar-refractivity contribution >= 4 is 11.4 Å². The summed E-state index contributed by atoms with van der Waals surface area (Å²) in [5.41, 5.74) is 2.37. The van der Waals surface area contributed by atoms with E-state index in [4.69, 9.17) is 5.26 Å².